The van der Waals surface area contributed by atoms with Crippen LogP contribution in [0.25, 0.3) is 0 Å². The molecule has 0 spiro atoms. The Morgan fingerprint density at radius 2 is 1.65 bits per heavy atom. The van der Waals surface area contributed by atoms with Crippen molar-refractivity contribution in [2.45, 2.75) is 104 Å². The Hall–Kier alpha value is -0.0700. The van der Waals surface area contributed by atoms with Crippen molar-refractivity contribution < 1.29 is 4.39 Å². The van der Waals surface area contributed by atoms with E-state index in [1.165, 1.54) is 57.8 Å². The maximum absolute atomic E-state index is 14.0. The molecule has 0 nitrogen and oxygen atoms in total. The summed E-state index contributed by atoms with van der Waals surface area (Å²) in [6.45, 7) is 6.80. The van der Waals surface area contributed by atoms with Crippen molar-refractivity contribution >= 4 is 0 Å². The van der Waals surface area contributed by atoms with E-state index in [4.69, 9.17) is 0 Å². The summed E-state index contributed by atoms with van der Waals surface area (Å²) >= 11 is 0. The molecular formula is C19H37F. The molecule has 2 unspecified atom stereocenters. The Bertz CT molecular complexity index is 218. The number of unbranched alkanes of at least 4 members (excludes halogenated alkanes) is 3. The summed E-state index contributed by atoms with van der Waals surface area (Å²) in [7, 11) is 0. The molecule has 0 bridgehead atoms. The smallest absolute Gasteiger partial charge is 0.100 e. The van der Waals surface area contributed by atoms with Crippen LogP contribution in [0.5, 0.6) is 0 Å². The van der Waals surface area contributed by atoms with Crippen LogP contribution in [-0.4, -0.2) is 6.17 Å². The molecule has 1 aliphatic rings. The van der Waals surface area contributed by atoms with Gasteiger partial charge in [0.25, 0.3) is 0 Å². The van der Waals surface area contributed by atoms with Crippen molar-refractivity contribution in [3.63, 3.8) is 0 Å². The highest BCUT2D eigenvalue weighted by molar-refractivity contribution is 4.77. The minimum absolute atomic E-state index is 0.546. The second-order valence-corrected chi connectivity index (χ2v) is 7.23. The van der Waals surface area contributed by atoms with Crippen LogP contribution in [0.4, 0.5) is 4.39 Å². The molecule has 20 heavy (non-hydrogen) atoms. The largest absolute Gasteiger partial charge is 0.247 e. The van der Waals surface area contributed by atoms with Gasteiger partial charge in [0.15, 0.2) is 0 Å². The van der Waals surface area contributed by atoms with E-state index in [-0.39, 0.29) is 0 Å². The van der Waals surface area contributed by atoms with Crippen LogP contribution in [0.1, 0.15) is 97.8 Å². The van der Waals surface area contributed by atoms with Gasteiger partial charge in [0.1, 0.15) is 6.17 Å². The van der Waals surface area contributed by atoms with E-state index in [1.54, 1.807) is 0 Å². The monoisotopic (exact) mass is 284 g/mol. The lowest BCUT2D eigenvalue weighted by Crippen LogP contribution is -2.22. The Labute approximate surface area is 126 Å². The summed E-state index contributed by atoms with van der Waals surface area (Å²) in [5.74, 6) is 2.37. The van der Waals surface area contributed by atoms with Crippen LogP contribution in [0.15, 0.2) is 0 Å². The van der Waals surface area contributed by atoms with Gasteiger partial charge >= 0.3 is 0 Å². The number of hydrogen-bond donors (Lipinski definition) is 0. The Balaban J connectivity index is 2.14. The SMILES string of the molecule is CCCCCCC(F)CC(C)C1CCC(CCC)CC1. The fourth-order valence-corrected chi connectivity index (χ4v) is 3.96. The molecule has 0 amide bonds. The second kappa shape index (κ2) is 10.6. The molecule has 0 heterocycles. The van der Waals surface area contributed by atoms with Crippen LogP contribution in [0.3, 0.4) is 0 Å². The molecule has 0 radical (unpaired) electrons. The third-order valence-corrected chi connectivity index (χ3v) is 5.39. The number of halogens is 1. The Morgan fingerprint density at radius 1 is 0.950 bits per heavy atom. The molecular weight excluding hydrogens is 247 g/mol. The highest BCUT2D eigenvalue weighted by Gasteiger charge is 2.26. The zero-order valence-corrected chi connectivity index (χ0v) is 14.2. The van der Waals surface area contributed by atoms with E-state index >= 15 is 0 Å². The lowest BCUT2D eigenvalue weighted by Gasteiger charge is -2.32. The molecule has 120 valence electrons. The fourth-order valence-electron chi connectivity index (χ4n) is 3.96. The van der Waals surface area contributed by atoms with Crippen LogP contribution >= 0.6 is 0 Å². The van der Waals surface area contributed by atoms with Gasteiger partial charge in [-0.1, -0.05) is 72.1 Å². The van der Waals surface area contributed by atoms with E-state index in [9.17, 15) is 4.39 Å². The first-order valence-electron chi connectivity index (χ1n) is 9.31. The molecule has 0 N–H and O–H groups in total. The van der Waals surface area contributed by atoms with Crippen LogP contribution in [0.2, 0.25) is 0 Å². The molecule has 0 aromatic rings. The topological polar surface area (TPSA) is 0 Å². The molecule has 0 saturated heterocycles. The molecule has 0 aromatic carbocycles. The van der Waals surface area contributed by atoms with Gasteiger partial charge in [-0.2, -0.15) is 0 Å². The molecule has 1 rings (SSSR count). The molecule has 1 aliphatic carbocycles. The van der Waals surface area contributed by atoms with Crippen molar-refractivity contribution in [1.82, 2.24) is 0 Å². The Morgan fingerprint density at radius 3 is 2.25 bits per heavy atom. The van der Waals surface area contributed by atoms with E-state index in [0.29, 0.717) is 5.92 Å². The van der Waals surface area contributed by atoms with Gasteiger partial charge in [-0.3, -0.25) is 0 Å². The van der Waals surface area contributed by atoms with Gasteiger partial charge in [-0.15, -0.1) is 0 Å². The maximum Gasteiger partial charge on any atom is 0.100 e. The second-order valence-electron chi connectivity index (χ2n) is 7.23. The normalized spacial score (nSPS) is 26.4. The van der Waals surface area contributed by atoms with Crippen LogP contribution in [-0.2, 0) is 0 Å². The molecule has 0 aromatic heterocycles. The van der Waals surface area contributed by atoms with Gasteiger partial charge in [0, 0.05) is 0 Å². The minimum Gasteiger partial charge on any atom is -0.247 e. The fraction of sp³-hybridized carbons (Fsp3) is 1.00. The zero-order valence-electron chi connectivity index (χ0n) is 14.2. The van der Waals surface area contributed by atoms with Crippen molar-refractivity contribution in [3.8, 4) is 0 Å². The molecule has 2 atom stereocenters. The van der Waals surface area contributed by atoms with Crippen molar-refractivity contribution in [2.24, 2.45) is 17.8 Å². The summed E-state index contributed by atoms with van der Waals surface area (Å²) in [6.07, 6.45) is 14.1. The summed E-state index contributed by atoms with van der Waals surface area (Å²) in [6, 6.07) is 0. The lowest BCUT2D eigenvalue weighted by atomic mass is 9.74. The maximum atomic E-state index is 14.0. The summed E-state index contributed by atoms with van der Waals surface area (Å²) in [4.78, 5) is 0. The molecule has 1 fully saturated rings. The number of hydrogen-bond acceptors (Lipinski definition) is 0. The van der Waals surface area contributed by atoms with E-state index in [0.717, 1.165) is 31.1 Å². The van der Waals surface area contributed by atoms with Crippen LogP contribution < -0.4 is 0 Å². The van der Waals surface area contributed by atoms with Gasteiger partial charge in [-0.25, -0.2) is 4.39 Å². The highest BCUT2D eigenvalue weighted by atomic mass is 19.1. The van der Waals surface area contributed by atoms with E-state index < -0.39 is 6.17 Å². The molecule has 1 saturated carbocycles. The summed E-state index contributed by atoms with van der Waals surface area (Å²) in [5.41, 5.74) is 0. The predicted octanol–water partition coefficient (Wildman–Crippen LogP) is 6.93. The van der Waals surface area contributed by atoms with E-state index in [1.807, 2.05) is 0 Å². The average molecular weight is 285 g/mol. The van der Waals surface area contributed by atoms with Crippen LogP contribution in [0, 0.1) is 17.8 Å². The molecule has 0 aliphatic heterocycles. The quantitative estimate of drug-likeness (QED) is 0.382. The summed E-state index contributed by atoms with van der Waals surface area (Å²) in [5, 5.41) is 0. The Kier molecular flexibility index (Phi) is 9.55. The van der Waals surface area contributed by atoms with E-state index in [2.05, 4.69) is 20.8 Å². The standard InChI is InChI=1S/C19H37F/c1-4-6-7-8-10-19(20)15-16(3)18-13-11-17(9-5-2)12-14-18/h16-19H,4-15H2,1-3H3. The highest BCUT2D eigenvalue weighted by Crippen LogP contribution is 2.37. The van der Waals surface area contributed by atoms with Gasteiger partial charge in [0.2, 0.25) is 0 Å². The first-order chi connectivity index (χ1) is 9.67. The molecule has 1 heteroatoms. The van der Waals surface area contributed by atoms with Crippen molar-refractivity contribution in [3.05, 3.63) is 0 Å². The number of rotatable bonds is 10. The minimum atomic E-state index is -0.546. The van der Waals surface area contributed by atoms with Gasteiger partial charge < -0.3 is 0 Å². The summed E-state index contributed by atoms with van der Waals surface area (Å²) < 4.78 is 14.0. The van der Waals surface area contributed by atoms with Crippen molar-refractivity contribution in [2.75, 3.05) is 0 Å². The first kappa shape index (κ1) is 18.0. The third-order valence-electron chi connectivity index (χ3n) is 5.39. The third kappa shape index (κ3) is 7.09. The zero-order chi connectivity index (χ0) is 14.8. The van der Waals surface area contributed by atoms with Crippen molar-refractivity contribution in [1.29, 1.82) is 0 Å². The lowest BCUT2D eigenvalue weighted by molar-refractivity contribution is 0.162. The van der Waals surface area contributed by atoms with Gasteiger partial charge in [-0.05, 0) is 43.4 Å². The van der Waals surface area contributed by atoms with Gasteiger partial charge in [0.05, 0.1) is 0 Å². The predicted molar refractivity (Wildman–Crippen MR) is 87.8 cm³/mol. The average Bonchev–Trinajstić information content (AvgIpc) is 2.45. The number of alkyl halides is 1. The first-order valence-corrected chi connectivity index (χ1v) is 9.31.